The van der Waals surface area contributed by atoms with Crippen molar-refractivity contribution < 1.29 is 22.0 Å². The van der Waals surface area contributed by atoms with Crippen molar-refractivity contribution in [2.24, 2.45) is 0 Å². The normalized spacial score (nSPS) is 12.8. The molecule has 3 aromatic rings. The molecular formula is C20H15F5Sn. The number of alkyl halides is 5. The summed E-state index contributed by atoms with van der Waals surface area (Å²) in [6.45, 7) is 0. The zero-order valence-corrected chi connectivity index (χ0v) is 16.4. The molecule has 3 rings (SSSR count). The van der Waals surface area contributed by atoms with Gasteiger partial charge in [0.25, 0.3) is 0 Å². The van der Waals surface area contributed by atoms with Gasteiger partial charge in [0, 0.05) is 0 Å². The van der Waals surface area contributed by atoms with Crippen molar-refractivity contribution in [3.63, 3.8) is 0 Å². The molecule has 0 bridgehead atoms. The first-order valence-corrected chi connectivity index (χ1v) is 13.6. The van der Waals surface area contributed by atoms with Gasteiger partial charge in [-0.25, -0.2) is 0 Å². The molecule has 0 atom stereocenters. The van der Waals surface area contributed by atoms with Crippen LogP contribution in [0.25, 0.3) is 0 Å². The van der Waals surface area contributed by atoms with Gasteiger partial charge in [-0.3, -0.25) is 0 Å². The topological polar surface area (TPSA) is 0 Å². The molecule has 0 aromatic heterocycles. The Bertz CT molecular complexity index is 749. The maximum atomic E-state index is 15.3. The van der Waals surface area contributed by atoms with Gasteiger partial charge >= 0.3 is 152 Å². The molecular weight excluding hydrogens is 454 g/mol. The second kappa shape index (κ2) is 7.02. The van der Waals surface area contributed by atoms with Crippen LogP contribution >= 0.6 is 0 Å². The Balaban J connectivity index is 2.48. The molecule has 0 aliphatic rings. The summed E-state index contributed by atoms with van der Waals surface area (Å²) in [6.07, 6.45) is -5.65. The van der Waals surface area contributed by atoms with E-state index in [0.29, 0.717) is 0 Å². The minimum absolute atomic E-state index is 0.0847. The maximum absolute atomic E-state index is 15.3. The fourth-order valence-corrected chi connectivity index (χ4v) is 16.4. The van der Waals surface area contributed by atoms with Crippen LogP contribution in [0.15, 0.2) is 91.0 Å². The third-order valence-corrected chi connectivity index (χ3v) is 18.2. The average molecular weight is 469 g/mol. The minimum atomic E-state index is -5.79. The van der Waals surface area contributed by atoms with Crippen molar-refractivity contribution in [3.05, 3.63) is 91.0 Å². The van der Waals surface area contributed by atoms with Gasteiger partial charge in [0.05, 0.1) is 0 Å². The van der Waals surface area contributed by atoms with Gasteiger partial charge in [-0.1, -0.05) is 0 Å². The van der Waals surface area contributed by atoms with Crippen LogP contribution in [0.3, 0.4) is 0 Å². The Labute approximate surface area is 152 Å². The van der Waals surface area contributed by atoms with Gasteiger partial charge in [-0.15, -0.1) is 0 Å². The fourth-order valence-electron chi connectivity index (χ4n) is 3.32. The van der Waals surface area contributed by atoms with E-state index in [2.05, 4.69) is 0 Å². The Hall–Kier alpha value is -1.89. The SMILES string of the molecule is FC(F)(F)[C](F)(F)[Sn]([c]1ccccc1)([c]1ccccc1)[c]1ccccc1. The number of rotatable bonds is 4. The van der Waals surface area contributed by atoms with Gasteiger partial charge in [0.15, 0.2) is 0 Å². The van der Waals surface area contributed by atoms with Crippen LogP contribution in [-0.2, 0) is 0 Å². The molecule has 0 N–H and O–H groups in total. The van der Waals surface area contributed by atoms with Crippen molar-refractivity contribution in [1.82, 2.24) is 0 Å². The van der Waals surface area contributed by atoms with Gasteiger partial charge in [0.1, 0.15) is 0 Å². The predicted octanol–water partition coefficient (Wildman–Crippen LogP) is 3.89. The Morgan fingerprint density at radius 3 is 0.962 bits per heavy atom. The Morgan fingerprint density at radius 1 is 0.462 bits per heavy atom. The van der Waals surface area contributed by atoms with Crippen LogP contribution in [0.1, 0.15) is 0 Å². The summed E-state index contributed by atoms with van der Waals surface area (Å²) in [6, 6.07) is 22.3. The van der Waals surface area contributed by atoms with E-state index in [4.69, 9.17) is 0 Å². The molecule has 26 heavy (non-hydrogen) atoms. The van der Waals surface area contributed by atoms with E-state index in [-0.39, 0.29) is 10.7 Å². The van der Waals surface area contributed by atoms with Crippen LogP contribution < -0.4 is 10.7 Å². The van der Waals surface area contributed by atoms with E-state index in [1.54, 1.807) is 18.2 Å². The summed E-state index contributed by atoms with van der Waals surface area (Å²) in [7, 11) is 0. The first-order chi connectivity index (χ1) is 12.3. The molecule has 0 aliphatic carbocycles. The molecule has 0 saturated carbocycles. The Kier molecular flexibility index (Phi) is 5.10. The van der Waals surface area contributed by atoms with Gasteiger partial charge < -0.3 is 0 Å². The van der Waals surface area contributed by atoms with E-state index in [9.17, 15) is 13.2 Å². The molecule has 6 heteroatoms. The monoisotopic (exact) mass is 470 g/mol. The van der Waals surface area contributed by atoms with E-state index in [1.165, 1.54) is 72.8 Å². The summed E-state index contributed by atoms with van der Waals surface area (Å²) in [5, 5.41) is 0. The number of benzene rings is 3. The summed E-state index contributed by atoms with van der Waals surface area (Å²) < 4.78 is 67.0. The van der Waals surface area contributed by atoms with Crippen LogP contribution in [0.5, 0.6) is 0 Å². The molecule has 0 fully saturated rings. The average Bonchev–Trinajstić information content (AvgIpc) is 2.64. The van der Waals surface area contributed by atoms with E-state index in [1.807, 2.05) is 0 Å². The molecule has 0 heterocycles. The van der Waals surface area contributed by atoms with Crippen molar-refractivity contribution in [2.75, 3.05) is 0 Å². The van der Waals surface area contributed by atoms with Crippen molar-refractivity contribution in [1.29, 1.82) is 0 Å². The fraction of sp³-hybridized carbons (Fsp3) is 0.100. The summed E-state index contributed by atoms with van der Waals surface area (Å²) in [5.74, 6) is 0. The van der Waals surface area contributed by atoms with Crippen molar-refractivity contribution in [2.45, 2.75) is 10.1 Å². The quantitative estimate of drug-likeness (QED) is 0.402. The van der Waals surface area contributed by atoms with Crippen LogP contribution in [-0.4, -0.2) is 28.5 Å². The van der Waals surface area contributed by atoms with Gasteiger partial charge in [-0.2, -0.15) is 0 Å². The molecule has 0 amide bonds. The standard InChI is InChI=1S/3C6H5.C2F5.Sn/c3*1-2-4-6-5-3-1;3-1(4)2(5,6)7;/h3*1-5H;;. The van der Waals surface area contributed by atoms with E-state index >= 15 is 8.78 Å². The second-order valence-electron chi connectivity index (χ2n) is 5.92. The number of hydrogen-bond donors (Lipinski definition) is 0. The molecule has 3 aromatic carbocycles. The van der Waals surface area contributed by atoms with Crippen molar-refractivity contribution in [3.8, 4) is 0 Å². The molecule has 0 spiro atoms. The number of halogens is 5. The summed E-state index contributed by atoms with van der Waals surface area (Å²) >= 11 is -5.79. The molecule has 0 saturated heterocycles. The number of hydrogen-bond acceptors (Lipinski definition) is 0. The third kappa shape index (κ3) is 2.92. The first-order valence-electron chi connectivity index (χ1n) is 7.93. The Morgan fingerprint density at radius 2 is 0.731 bits per heavy atom. The van der Waals surface area contributed by atoms with Gasteiger partial charge in [-0.05, 0) is 0 Å². The molecule has 0 unspecified atom stereocenters. The molecule has 0 aliphatic heterocycles. The summed E-state index contributed by atoms with van der Waals surface area (Å²) in [4.78, 5) is 0. The third-order valence-electron chi connectivity index (χ3n) is 4.45. The van der Waals surface area contributed by atoms with E-state index in [0.717, 1.165) is 0 Å². The molecule has 0 radical (unpaired) electrons. The van der Waals surface area contributed by atoms with Crippen LogP contribution in [0.2, 0.25) is 0 Å². The molecule has 134 valence electrons. The predicted molar refractivity (Wildman–Crippen MR) is 95.0 cm³/mol. The van der Waals surface area contributed by atoms with Gasteiger partial charge in [0.2, 0.25) is 0 Å². The van der Waals surface area contributed by atoms with E-state index < -0.39 is 28.5 Å². The summed E-state index contributed by atoms with van der Waals surface area (Å²) in [5.41, 5.74) is 0. The second-order valence-corrected chi connectivity index (χ2v) is 16.9. The zero-order valence-electron chi connectivity index (χ0n) is 13.6. The molecule has 0 nitrogen and oxygen atoms in total. The first kappa shape index (κ1) is 18.9. The van der Waals surface area contributed by atoms with Crippen LogP contribution in [0.4, 0.5) is 22.0 Å². The van der Waals surface area contributed by atoms with Crippen molar-refractivity contribution >= 4 is 29.1 Å². The van der Waals surface area contributed by atoms with Crippen LogP contribution in [0, 0.1) is 0 Å². The zero-order chi connectivity index (χ0) is 18.8.